The van der Waals surface area contributed by atoms with Gasteiger partial charge in [0.2, 0.25) is 0 Å². The van der Waals surface area contributed by atoms with Gasteiger partial charge >= 0.3 is 0 Å². The fraction of sp³-hybridized carbons (Fsp3) is 0.462. The zero-order chi connectivity index (χ0) is 22.3. The SMILES string of the molecule is CCCCCCOc1ccc(C(=O)N2CCN(c3nc4ccc(CC)cc4s3)CC2)cc1. The van der Waals surface area contributed by atoms with E-state index in [1.807, 2.05) is 29.2 Å². The maximum Gasteiger partial charge on any atom is 0.253 e. The highest BCUT2D eigenvalue weighted by Crippen LogP contribution is 2.30. The van der Waals surface area contributed by atoms with Gasteiger partial charge in [-0.25, -0.2) is 4.98 Å². The summed E-state index contributed by atoms with van der Waals surface area (Å²) in [5.74, 6) is 0.931. The minimum absolute atomic E-state index is 0.0935. The summed E-state index contributed by atoms with van der Waals surface area (Å²) >= 11 is 1.75. The highest BCUT2D eigenvalue weighted by Gasteiger charge is 2.24. The molecule has 2 heterocycles. The third kappa shape index (κ3) is 5.41. The molecule has 32 heavy (non-hydrogen) atoms. The van der Waals surface area contributed by atoms with Crippen LogP contribution in [0.15, 0.2) is 42.5 Å². The molecule has 0 atom stereocenters. The molecular weight excluding hydrogens is 418 g/mol. The molecule has 5 nitrogen and oxygen atoms in total. The summed E-state index contributed by atoms with van der Waals surface area (Å²) in [6.45, 7) is 8.17. The lowest BCUT2D eigenvalue weighted by molar-refractivity contribution is 0.0746. The Bertz CT molecular complexity index is 1020. The van der Waals surface area contributed by atoms with Crippen LogP contribution in [0.1, 0.15) is 55.5 Å². The molecule has 170 valence electrons. The van der Waals surface area contributed by atoms with Gasteiger partial charge in [-0.2, -0.15) is 0 Å². The molecule has 3 aromatic rings. The van der Waals surface area contributed by atoms with E-state index in [1.165, 1.54) is 29.5 Å². The number of unbranched alkanes of at least 4 members (excludes halogenated alkanes) is 3. The van der Waals surface area contributed by atoms with E-state index in [0.717, 1.165) is 54.5 Å². The molecule has 1 aromatic heterocycles. The molecule has 0 unspecified atom stereocenters. The smallest absolute Gasteiger partial charge is 0.253 e. The fourth-order valence-electron chi connectivity index (χ4n) is 4.01. The molecule has 0 saturated carbocycles. The Morgan fingerprint density at radius 1 is 1.00 bits per heavy atom. The fourth-order valence-corrected chi connectivity index (χ4v) is 5.09. The molecule has 0 bridgehead atoms. The summed E-state index contributed by atoms with van der Waals surface area (Å²) in [7, 11) is 0. The second-order valence-corrected chi connectivity index (χ2v) is 9.37. The van der Waals surface area contributed by atoms with Crippen LogP contribution in [-0.4, -0.2) is 48.6 Å². The van der Waals surface area contributed by atoms with E-state index in [4.69, 9.17) is 9.72 Å². The first-order chi connectivity index (χ1) is 15.7. The number of anilines is 1. The van der Waals surface area contributed by atoms with Crippen molar-refractivity contribution in [2.24, 2.45) is 0 Å². The predicted octanol–water partition coefficient (Wildman–Crippen LogP) is 5.78. The van der Waals surface area contributed by atoms with Gasteiger partial charge in [0.15, 0.2) is 5.13 Å². The first kappa shape index (κ1) is 22.6. The van der Waals surface area contributed by atoms with Crippen LogP contribution >= 0.6 is 11.3 Å². The number of aryl methyl sites for hydroxylation is 1. The Labute approximate surface area is 195 Å². The van der Waals surface area contributed by atoms with E-state index in [2.05, 4.69) is 36.9 Å². The predicted molar refractivity (Wildman–Crippen MR) is 133 cm³/mol. The van der Waals surface area contributed by atoms with Gasteiger partial charge in [0.25, 0.3) is 5.91 Å². The van der Waals surface area contributed by atoms with Crippen LogP contribution in [0.25, 0.3) is 10.2 Å². The van der Waals surface area contributed by atoms with E-state index in [0.29, 0.717) is 13.1 Å². The minimum atomic E-state index is 0.0935. The zero-order valence-corrected chi connectivity index (χ0v) is 20.0. The molecule has 1 aliphatic heterocycles. The number of hydrogen-bond donors (Lipinski definition) is 0. The molecular formula is C26H33N3O2S. The second-order valence-electron chi connectivity index (χ2n) is 8.36. The van der Waals surface area contributed by atoms with Crippen LogP contribution in [0.2, 0.25) is 0 Å². The monoisotopic (exact) mass is 451 g/mol. The van der Waals surface area contributed by atoms with Crippen LogP contribution in [0.5, 0.6) is 5.75 Å². The number of nitrogens with zero attached hydrogens (tertiary/aromatic N) is 3. The Hall–Kier alpha value is -2.60. The van der Waals surface area contributed by atoms with Crippen LogP contribution in [0, 0.1) is 0 Å². The van der Waals surface area contributed by atoms with Gasteiger partial charge in [0, 0.05) is 31.7 Å². The number of rotatable bonds is 9. The van der Waals surface area contributed by atoms with Crippen LogP contribution in [-0.2, 0) is 6.42 Å². The number of benzene rings is 2. The molecule has 6 heteroatoms. The number of carbonyl (C=O) groups is 1. The molecule has 0 aliphatic carbocycles. The number of fused-ring (bicyclic) bond motifs is 1. The quantitative estimate of drug-likeness (QED) is 0.387. The maximum atomic E-state index is 13.0. The molecule has 0 N–H and O–H groups in total. The number of hydrogen-bond acceptors (Lipinski definition) is 5. The highest BCUT2D eigenvalue weighted by molar-refractivity contribution is 7.22. The van der Waals surface area contributed by atoms with E-state index in [9.17, 15) is 4.79 Å². The van der Waals surface area contributed by atoms with Crippen molar-refractivity contribution in [2.45, 2.75) is 46.0 Å². The van der Waals surface area contributed by atoms with Crippen molar-refractivity contribution in [3.63, 3.8) is 0 Å². The number of ether oxygens (including phenoxy) is 1. The average molecular weight is 452 g/mol. The van der Waals surface area contributed by atoms with E-state index < -0.39 is 0 Å². The minimum Gasteiger partial charge on any atom is -0.494 e. The second kappa shape index (κ2) is 10.8. The first-order valence-corrected chi connectivity index (χ1v) is 12.7. The maximum absolute atomic E-state index is 13.0. The summed E-state index contributed by atoms with van der Waals surface area (Å²) < 4.78 is 7.04. The van der Waals surface area contributed by atoms with Gasteiger partial charge in [0.05, 0.1) is 16.8 Å². The number of aromatic nitrogens is 1. The molecule has 1 aliphatic rings. The van der Waals surface area contributed by atoms with E-state index >= 15 is 0 Å². The lowest BCUT2D eigenvalue weighted by atomic mass is 10.1. The number of thiazole rings is 1. The molecule has 0 radical (unpaired) electrons. The largest absolute Gasteiger partial charge is 0.494 e. The Morgan fingerprint density at radius 2 is 1.78 bits per heavy atom. The molecule has 0 spiro atoms. The zero-order valence-electron chi connectivity index (χ0n) is 19.2. The van der Waals surface area contributed by atoms with Crippen LogP contribution < -0.4 is 9.64 Å². The van der Waals surface area contributed by atoms with Crippen molar-refractivity contribution in [3.05, 3.63) is 53.6 Å². The van der Waals surface area contributed by atoms with Gasteiger partial charge in [-0.05, 0) is 54.8 Å². The first-order valence-electron chi connectivity index (χ1n) is 11.8. The summed E-state index contributed by atoms with van der Waals surface area (Å²) in [6.07, 6.45) is 5.80. The lowest BCUT2D eigenvalue weighted by Gasteiger charge is -2.34. The Kier molecular flexibility index (Phi) is 7.63. The standard InChI is InChI=1S/C26H33N3O2S/c1-3-5-6-7-18-31-22-11-9-21(10-12-22)25(30)28-14-16-29(17-15-28)26-27-23-13-8-20(4-2)19-24(23)32-26/h8-13,19H,3-7,14-18H2,1-2H3. The lowest BCUT2D eigenvalue weighted by Crippen LogP contribution is -2.48. The topological polar surface area (TPSA) is 45.7 Å². The van der Waals surface area contributed by atoms with Crippen molar-refractivity contribution in [1.29, 1.82) is 0 Å². The summed E-state index contributed by atoms with van der Waals surface area (Å²) in [6, 6.07) is 14.1. The Morgan fingerprint density at radius 3 is 2.50 bits per heavy atom. The summed E-state index contributed by atoms with van der Waals surface area (Å²) in [4.78, 5) is 22.0. The van der Waals surface area contributed by atoms with Crippen molar-refractivity contribution in [3.8, 4) is 5.75 Å². The summed E-state index contributed by atoms with van der Waals surface area (Å²) in [5, 5.41) is 1.06. The van der Waals surface area contributed by atoms with Crippen molar-refractivity contribution >= 4 is 32.6 Å². The Balaban J connectivity index is 1.29. The van der Waals surface area contributed by atoms with E-state index in [-0.39, 0.29) is 5.91 Å². The normalized spacial score (nSPS) is 14.2. The third-order valence-electron chi connectivity index (χ3n) is 6.06. The highest BCUT2D eigenvalue weighted by atomic mass is 32.1. The molecule has 2 aromatic carbocycles. The average Bonchev–Trinajstić information content (AvgIpc) is 3.27. The number of piperazine rings is 1. The van der Waals surface area contributed by atoms with Crippen molar-refractivity contribution in [1.82, 2.24) is 9.88 Å². The van der Waals surface area contributed by atoms with Gasteiger partial charge in [0.1, 0.15) is 5.75 Å². The van der Waals surface area contributed by atoms with Crippen molar-refractivity contribution in [2.75, 3.05) is 37.7 Å². The van der Waals surface area contributed by atoms with E-state index in [1.54, 1.807) is 11.3 Å². The molecule has 4 rings (SSSR count). The van der Waals surface area contributed by atoms with Gasteiger partial charge in [-0.3, -0.25) is 4.79 Å². The molecule has 1 amide bonds. The van der Waals surface area contributed by atoms with Gasteiger partial charge in [-0.1, -0.05) is 50.5 Å². The summed E-state index contributed by atoms with van der Waals surface area (Å²) in [5.41, 5.74) is 3.13. The van der Waals surface area contributed by atoms with Crippen molar-refractivity contribution < 1.29 is 9.53 Å². The molecule has 1 saturated heterocycles. The van der Waals surface area contributed by atoms with Crippen LogP contribution in [0.4, 0.5) is 5.13 Å². The third-order valence-corrected chi connectivity index (χ3v) is 7.13. The molecule has 1 fully saturated rings. The van der Waals surface area contributed by atoms with Gasteiger partial charge in [-0.15, -0.1) is 0 Å². The van der Waals surface area contributed by atoms with Crippen LogP contribution in [0.3, 0.4) is 0 Å². The van der Waals surface area contributed by atoms with Gasteiger partial charge < -0.3 is 14.5 Å². The number of carbonyl (C=O) groups excluding carboxylic acids is 1. The number of amides is 1.